The summed E-state index contributed by atoms with van der Waals surface area (Å²) in [6.45, 7) is 2.78. The Labute approximate surface area is 171 Å². The molecule has 1 atom stereocenters. The Balaban J connectivity index is 1.44. The van der Waals surface area contributed by atoms with E-state index in [9.17, 15) is 4.79 Å². The zero-order chi connectivity index (χ0) is 19.9. The van der Waals surface area contributed by atoms with Crippen LogP contribution in [0.4, 0.5) is 0 Å². The standard InChI is InChI=1S/C23H27N5O/c29-23(20-10-12-21(13-11-20)28-17-25-26-18-28)24-16-22(19-8-4-3-5-9-19)27-14-6-1-2-7-15-27/h3-5,8-13,17-18,22H,1-2,6-7,14-16H2,(H,24,29)/t22-/m0/s1. The number of aromatic nitrogens is 3. The second kappa shape index (κ2) is 9.47. The minimum absolute atomic E-state index is 0.0453. The predicted octanol–water partition coefficient (Wildman–Crippen LogP) is 3.61. The Morgan fingerprint density at radius 3 is 2.21 bits per heavy atom. The van der Waals surface area contributed by atoms with Crippen molar-refractivity contribution in [3.63, 3.8) is 0 Å². The number of benzene rings is 2. The predicted molar refractivity (Wildman–Crippen MR) is 113 cm³/mol. The van der Waals surface area contributed by atoms with Crippen LogP contribution in [0.1, 0.15) is 47.6 Å². The number of hydrogen-bond donors (Lipinski definition) is 1. The first-order valence-corrected chi connectivity index (χ1v) is 10.3. The van der Waals surface area contributed by atoms with Gasteiger partial charge in [0.15, 0.2) is 0 Å². The number of likely N-dealkylation sites (tertiary alicyclic amines) is 1. The molecule has 1 fully saturated rings. The number of carbonyl (C=O) groups excluding carboxylic acids is 1. The average molecular weight is 390 g/mol. The van der Waals surface area contributed by atoms with E-state index in [4.69, 9.17) is 0 Å². The number of hydrogen-bond acceptors (Lipinski definition) is 4. The van der Waals surface area contributed by atoms with Crippen LogP contribution in [0, 0.1) is 0 Å². The number of nitrogens with zero attached hydrogens (tertiary/aromatic N) is 4. The molecule has 2 heterocycles. The van der Waals surface area contributed by atoms with Crippen molar-refractivity contribution in [1.82, 2.24) is 25.0 Å². The van der Waals surface area contributed by atoms with Gasteiger partial charge in [0.25, 0.3) is 5.91 Å². The molecule has 29 heavy (non-hydrogen) atoms. The summed E-state index contributed by atoms with van der Waals surface area (Å²) in [6.07, 6.45) is 8.32. The summed E-state index contributed by atoms with van der Waals surface area (Å²) in [5.41, 5.74) is 2.85. The van der Waals surface area contributed by atoms with Crippen LogP contribution in [0.3, 0.4) is 0 Å². The van der Waals surface area contributed by atoms with Gasteiger partial charge in [-0.25, -0.2) is 0 Å². The smallest absolute Gasteiger partial charge is 0.251 e. The summed E-state index contributed by atoms with van der Waals surface area (Å²) in [5.74, 6) is -0.0453. The van der Waals surface area contributed by atoms with E-state index in [1.54, 1.807) is 12.7 Å². The summed E-state index contributed by atoms with van der Waals surface area (Å²) in [6, 6.07) is 18.2. The maximum Gasteiger partial charge on any atom is 0.251 e. The van der Waals surface area contributed by atoms with Gasteiger partial charge in [-0.15, -0.1) is 10.2 Å². The Bertz CT molecular complexity index is 885. The molecule has 0 spiro atoms. The topological polar surface area (TPSA) is 63.1 Å². The third kappa shape index (κ3) is 4.90. The SMILES string of the molecule is O=C(NC[C@@H](c1ccccc1)N1CCCCCC1)c1ccc(-n2cnnc2)cc1. The van der Waals surface area contributed by atoms with E-state index >= 15 is 0 Å². The Morgan fingerprint density at radius 1 is 0.897 bits per heavy atom. The minimum atomic E-state index is -0.0453. The van der Waals surface area contributed by atoms with Crippen LogP contribution in [-0.2, 0) is 0 Å². The Hall–Kier alpha value is -2.99. The van der Waals surface area contributed by atoms with Crippen molar-refractivity contribution in [1.29, 1.82) is 0 Å². The molecule has 4 rings (SSSR count). The van der Waals surface area contributed by atoms with Crippen LogP contribution in [-0.4, -0.2) is 45.2 Å². The van der Waals surface area contributed by atoms with Crippen LogP contribution in [0.5, 0.6) is 0 Å². The molecular weight excluding hydrogens is 362 g/mol. The average Bonchev–Trinajstić information content (AvgIpc) is 3.18. The van der Waals surface area contributed by atoms with Gasteiger partial charge in [-0.05, 0) is 55.8 Å². The fraction of sp³-hybridized carbons (Fsp3) is 0.348. The molecule has 1 aliphatic rings. The molecule has 2 aromatic carbocycles. The molecule has 3 aromatic rings. The van der Waals surface area contributed by atoms with E-state index in [1.807, 2.05) is 34.9 Å². The summed E-state index contributed by atoms with van der Waals surface area (Å²) < 4.78 is 1.81. The minimum Gasteiger partial charge on any atom is -0.350 e. The summed E-state index contributed by atoms with van der Waals surface area (Å²) in [5, 5.41) is 10.8. The molecule has 1 aliphatic heterocycles. The Kier molecular flexibility index (Phi) is 6.32. The quantitative estimate of drug-likeness (QED) is 0.699. The number of rotatable bonds is 6. The van der Waals surface area contributed by atoms with E-state index in [-0.39, 0.29) is 11.9 Å². The van der Waals surface area contributed by atoms with Crippen LogP contribution >= 0.6 is 0 Å². The second-order valence-corrected chi connectivity index (χ2v) is 7.50. The molecule has 1 amide bonds. The first-order chi connectivity index (χ1) is 14.3. The second-order valence-electron chi connectivity index (χ2n) is 7.50. The molecule has 0 aliphatic carbocycles. The van der Waals surface area contributed by atoms with Crippen molar-refractivity contribution < 1.29 is 4.79 Å². The molecule has 1 aromatic heterocycles. The zero-order valence-corrected chi connectivity index (χ0v) is 16.6. The third-order valence-electron chi connectivity index (χ3n) is 5.57. The van der Waals surface area contributed by atoms with Gasteiger partial charge in [-0.2, -0.15) is 0 Å². The van der Waals surface area contributed by atoms with Crippen molar-refractivity contribution in [3.8, 4) is 5.69 Å². The summed E-state index contributed by atoms with van der Waals surface area (Å²) in [7, 11) is 0. The van der Waals surface area contributed by atoms with Gasteiger partial charge in [0.2, 0.25) is 0 Å². The van der Waals surface area contributed by atoms with E-state index in [0.29, 0.717) is 12.1 Å². The summed E-state index contributed by atoms with van der Waals surface area (Å²) >= 11 is 0. The van der Waals surface area contributed by atoms with E-state index in [0.717, 1.165) is 18.8 Å². The maximum atomic E-state index is 12.8. The van der Waals surface area contributed by atoms with Gasteiger partial charge in [0, 0.05) is 17.8 Å². The lowest BCUT2D eigenvalue weighted by atomic mass is 10.0. The highest BCUT2D eigenvalue weighted by Gasteiger charge is 2.22. The molecule has 6 nitrogen and oxygen atoms in total. The number of amides is 1. The van der Waals surface area contributed by atoms with Crippen LogP contribution in [0.15, 0.2) is 67.3 Å². The highest BCUT2D eigenvalue weighted by molar-refractivity contribution is 5.94. The fourth-order valence-electron chi connectivity index (χ4n) is 3.95. The van der Waals surface area contributed by atoms with E-state index in [2.05, 4.69) is 44.7 Å². The summed E-state index contributed by atoms with van der Waals surface area (Å²) in [4.78, 5) is 15.3. The number of nitrogens with one attached hydrogen (secondary N) is 1. The van der Waals surface area contributed by atoms with Crippen molar-refractivity contribution in [3.05, 3.63) is 78.4 Å². The highest BCUT2D eigenvalue weighted by atomic mass is 16.1. The Morgan fingerprint density at radius 2 is 1.55 bits per heavy atom. The molecule has 150 valence electrons. The van der Waals surface area contributed by atoms with Crippen molar-refractivity contribution in [2.75, 3.05) is 19.6 Å². The zero-order valence-electron chi connectivity index (χ0n) is 16.6. The lowest BCUT2D eigenvalue weighted by Crippen LogP contribution is -2.38. The van der Waals surface area contributed by atoms with E-state index in [1.165, 1.54) is 31.2 Å². The molecule has 0 radical (unpaired) electrons. The first kappa shape index (κ1) is 19.3. The normalized spacial score (nSPS) is 16.1. The van der Waals surface area contributed by atoms with Crippen LogP contribution < -0.4 is 5.32 Å². The van der Waals surface area contributed by atoms with Gasteiger partial charge in [0.05, 0.1) is 6.04 Å². The lowest BCUT2D eigenvalue weighted by molar-refractivity contribution is 0.0933. The van der Waals surface area contributed by atoms with Gasteiger partial charge in [-0.3, -0.25) is 14.3 Å². The lowest BCUT2D eigenvalue weighted by Gasteiger charge is -2.31. The molecule has 1 N–H and O–H groups in total. The third-order valence-corrected chi connectivity index (χ3v) is 5.57. The molecule has 0 bridgehead atoms. The van der Waals surface area contributed by atoms with E-state index < -0.39 is 0 Å². The van der Waals surface area contributed by atoms with Crippen molar-refractivity contribution >= 4 is 5.91 Å². The first-order valence-electron chi connectivity index (χ1n) is 10.3. The highest BCUT2D eigenvalue weighted by Crippen LogP contribution is 2.24. The number of carbonyl (C=O) groups is 1. The van der Waals surface area contributed by atoms with Gasteiger partial charge >= 0.3 is 0 Å². The maximum absolute atomic E-state index is 12.8. The van der Waals surface area contributed by atoms with Crippen molar-refractivity contribution in [2.24, 2.45) is 0 Å². The van der Waals surface area contributed by atoms with Gasteiger partial charge in [-0.1, -0.05) is 43.2 Å². The fourth-order valence-corrected chi connectivity index (χ4v) is 3.95. The van der Waals surface area contributed by atoms with Crippen LogP contribution in [0.25, 0.3) is 5.69 Å². The van der Waals surface area contributed by atoms with Gasteiger partial charge in [0.1, 0.15) is 12.7 Å². The van der Waals surface area contributed by atoms with Gasteiger partial charge < -0.3 is 5.32 Å². The van der Waals surface area contributed by atoms with Crippen molar-refractivity contribution in [2.45, 2.75) is 31.7 Å². The molecule has 1 saturated heterocycles. The molecule has 6 heteroatoms. The largest absolute Gasteiger partial charge is 0.350 e. The molecular formula is C23H27N5O. The molecule has 0 unspecified atom stereocenters. The monoisotopic (exact) mass is 389 g/mol. The van der Waals surface area contributed by atoms with Crippen LogP contribution in [0.2, 0.25) is 0 Å². The molecule has 0 saturated carbocycles.